The summed E-state index contributed by atoms with van der Waals surface area (Å²) in [5.41, 5.74) is 0.994. The second kappa shape index (κ2) is 8.18. The normalized spacial score (nSPS) is 18.3. The van der Waals surface area contributed by atoms with Crippen LogP contribution in [-0.4, -0.2) is 49.0 Å². The van der Waals surface area contributed by atoms with E-state index in [4.69, 9.17) is 9.47 Å². The minimum atomic E-state index is -3.92. The Hall–Kier alpha value is -2.26. The number of benzene rings is 1. The molecule has 0 saturated carbocycles. The number of sulfonamides is 1. The highest BCUT2D eigenvalue weighted by molar-refractivity contribution is 7.89. The SMILES string of the molecule is CCc1cnc(OC2CCCN(S(=O)(=O)c3cc(F)ccc3OC)C2)nc1. The molecule has 1 saturated heterocycles. The van der Waals surface area contributed by atoms with Crippen LogP contribution in [0.3, 0.4) is 0 Å². The van der Waals surface area contributed by atoms with Gasteiger partial charge in [-0.2, -0.15) is 4.31 Å². The van der Waals surface area contributed by atoms with Gasteiger partial charge in [-0.3, -0.25) is 0 Å². The first kappa shape index (κ1) is 19.5. The molecule has 0 amide bonds. The van der Waals surface area contributed by atoms with Crippen molar-refractivity contribution in [3.63, 3.8) is 0 Å². The third kappa shape index (κ3) is 4.36. The van der Waals surface area contributed by atoms with Crippen LogP contribution in [0.2, 0.25) is 0 Å². The molecule has 1 aliphatic rings. The molecule has 0 spiro atoms. The van der Waals surface area contributed by atoms with Gasteiger partial charge in [0.25, 0.3) is 0 Å². The topological polar surface area (TPSA) is 81.6 Å². The van der Waals surface area contributed by atoms with Gasteiger partial charge in [-0.1, -0.05) is 6.92 Å². The lowest BCUT2D eigenvalue weighted by atomic mass is 10.1. The van der Waals surface area contributed by atoms with E-state index in [-0.39, 0.29) is 29.3 Å². The molecule has 9 heteroatoms. The standard InChI is InChI=1S/C18H22FN3O4S/c1-3-13-10-20-18(21-11-13)26-15-5-4-8-22(12-15)27(23,24)17-9-14(19)6-7-16(17)25-2/h6-7,9-11,15H,3-5,8,12H2,1-2H3. The maximum atomic E-state index is 13.6. The quantitative estimate of drug-likeness (QED) is 0.747. The highest BCUT2D eigenvalue weighted by atomic mass is 32.2. The number of methoxy groups -OCH3 is 1. The van der Waals surface area contributed by atoms with Gasteiger partial charge in [0.15, 0.2) is 0 Å². The molecule has 0 N–H and O–H groups in total. The maximum absolute atomic E-state index is 13.6. The summed E-state index contributed by atoms with van der Waals surface area (Å²) in [6.45, 7) is 2.47. The molecular weight excluding hydrogens is 373 g/mol. The second-order valence-electron chi connectivity index (χ2n) is 6.27. The largest absolute Gasteiger partial charge is 0.495 e. The minimum absolute atomic E-state index is 0.109. The Balaban J connectivity index is 1.77. The van der Waals surface area contributed by atoms with Gasteiger partial charge in [0.05, 0.1) is 13.7 Å². The fourth-order valence-electron chi connectivity index (χ4n) is 2.95. The van der Waals surface area contributed by atoms with Crippen LogP contribution in [0.25, 0.3) is 0 Å². The first-order chi connectivity index (χ1) is 12.9. The van der Waals surface area contributed by atoms with Crippen molar-refractivity contribution in [1.82, 2.24) is 14.3 Å². The molecule has 0 bridgehead atoms. The molecule has 1 unspecified atom stereocenters. The first-order valence-electron chi connectivity index (χ1n) is 8.75. The Morgan fingerprint density at radius 2 is 2.04 bits per heavy atom. The van der Waals surface area contributed by atoms with Gasteiger partial charge in [0.1, 0.15) is 22.6 Å². The van der Waals surface area contributed by atoms with Crippen LogP contribution in [0.1, 0.15) is 25.3 Å². The van der Waals surface area contributed by atoms with Gasteiger partial charge in [0, 0.05) is 18.9 Å². The van der Waals surface area contributed by atoms with E-state index < -0.39 is 15.8 Å². The van der Waals surface area contributed by atoms with E-state index in [9.17, 15) is 12.8 Å². The van der Waals surface area contributed by atoms with Crippen molar-refractivity contribution in [2.45, 2.75) is 37.2 Å². The van der Waals surface area contributed by atoms with Crippen molar-refractivity contribution >= 4 is 10.0 Å². The van der Waals surface area contributed by atoms with Gasteiger partial charge in [-0.15, -0.1) is 0 Å². The Morgan fingerprint density at radius 1 is 1.30 bits per heavy atom. The number of halogens is 1. The highest BCUT2D eigenvalue weighted by Gasteiger charge is 2.33. The van der Waals surface area contributed by atoms with Gasteiger partial charge in [0.2, 0.25) is 10.0 Å². The highest BCUT2D eigenvalue weighted by Crippen LogP contribution is 2.29. The molecular formula is C18H22FN3O4S. The van der Waals surface area contributed by atoms with E-state index in [1.165, 1.54) is 17.5 Å². The van der Waals surface area contributed by atoms with Crippen LogP contribution >= 0.6 is 0 Å². The summed E-state index contributed by atoms with van der Waals surface area (Å²) >= 11 is 0. The van der Waals surface area contributed by atoms with Crippen LogP contribution in [0.5, 0.6) is 11.8 Å². The predicted octanol–water partition coefficient (Wildman–Crippen LogP) is 2.42. The van der Waals surface area contributed by atoms with Crippen molar-refractivity contribution in [3.05, 3.63) is 42.0 Å². The van der Waals surface area contributed by atoms with Crippen LogP contribution in [0.15, 0.2) is 35.5 Å². The summed E-state index contributed by atoms with van der Waals surface area (Å²) in [6, 6.07) is 3.67. The summed E-state index contributed by atoms with van der Waals surface area (Å²) in [5, 5.41) is 0. The van der Waals surface area contributed by atoms with E-state index in [1.54, 1.807) is 12.4 Å². The summed E-state index contributed by atoms with van der Waals surface area (Å²) in [7, 11) is -2.56. The minimum Gasteiger partial charge on any atom is -0.495 e. The Bertz CT molecular complexity index is 890. The molecule has 2 heterocycles. The van der Waals surface area contributed by atoms with Crippen molar-refractivity contribution in [2.75, 3.05) is 20.2 Å². The molecule has 1 fully saturated rings. The van der Waals surface area contributed by atoms with E-state index in [1.807, 2.05) is 6.92 Å². The first-order valence-corrected chi connectivity index (χ1v) is 10.2. The van der Waals surface area contributed by atoms with E-state index in [2.05, 4.69) is 9.97 Å². The smallest absolute Gasteiger partial charge is 0.316 e. The van der Waals surface area contributed by atoms with Crippen LogP contribution in [0.4, 0.5) is 4.39 Å². The molecule has 1 aromatic heterocycles. The molecule has 27 heavy (non-hydrogen) atoms. The van der Waals surface area contributed by atoms with E-state index in [0.29, 0.717) is 19.4 Å². The van der Waals surface area contributed by atoms with Crippen LogP contribution in [0, 0.1) is 5.82 Å². The number of hydrogen-bond donors (Lipinski definition) is 0. The third-order valence-corrected chi connectivity index (χ3v) is 6.33. The fourth-order valence-corrected chi connectivity index (χ4v) is 4.62. The van der Waals surface area contributed by atoms with Crippen molar-refractivity contribution < 1.29 is 22.3 Å². The van der Waals surface area contributed by atoms with Gasteiger partial charge in [-0.05, 0) is 43.0 Å². The van der Waals surface area contributed by atoms with E-state index >= 15 is 0 Å². The zero-order valence-corrected chi connectivity index (χ0v) is 16.1. The summed E-state index contributed by atoms with van der Waals surface area (Å²) in [5.74, 6) is -0.526. The predicted molar refractivity (Wildman–Crippen MR) is 96.8 cm³/mol. The molecule has 0 aliphatic carbocycles. The molecule has 0 radical (unpaired) electrons. The zero-order valence-electron chi connectivity index (χ0n) is 15.3. The van der Waals surface area contributed by atoms with E-state index in [0.717, 1.165) is 24.1 Å². The van der Waals surface area contributed by atoms with Gasteiger partial charge in [-0.25, -0.2) is 22.8 Å². The molecule has 7 nitrogen and oxygen atoms in total. The lowest BCUT2D eigenvalue weighted by molar-refractivity contribution is 0.119. The molecule has 1 aliphatic heterocycles. The van der Waals surface area contributed by atoms with Crippen LogP contribution in [-0.2, 0) is 16.4 Å². The lowest BCUT2D eigenvalue weighted by Crippen LogP contribution is -2.44. The maximum Gasteiger partial charge on any atom is 0.316 e. The summed E-state index contributed by atoms with van der Waals surface area (Å²) in [4.78, 5) is 8.13. The number of ether oxygens (including phenoxy) is 2. The Morgan fingerprint density at radius 3 is 2.70 bits per heavy atom. The zero-order chi connectivity index (χ0) is 19.4. The number of aromatic nitrogens is 2. The van der Waals surface area contributed by atoms with Crippen molar-refractivity contribution in [3.8, 4) is 11.8 Å². The summed E-state index contributed by atoms with van der Waals surface area (Å²) < 4.78 is 51.8. The Kier molecular flexibility index (Phi) is 5.91. The lowest BCUT2D eigenvalue weighted by Gasteiger charge is -2.31. The third-order valence-electron chi connectivity index (χ3n) is 4.45. The van der Waals surface area contributed by atoms with Crippen molar-refractivity contribution in [2.24, 2.45) is 0 Å². The van der Waals surface area contributed by atoms with Crippen molar-refractivity contribution in [1.29, 1.82) is 0 Å². The van der Waals surface area contributed by atoms with Crippen LogP contribution < -0.4 is 9.47 Å². The average Bonchev–Trinajstić information content (AvgIpc) is 2.69. The Labute approximate surface area is 158 Å². The number of piperidine rings is 1. The van der Waals surface area contributed by atoms with Gasteiger partial charge < -0.3 is 9.47 Å². The molecule has 2 aromatic rings. The number of hydrogen-bond acceptors (Lipinski definition) is 6. The average molecular weight is 395 g/mol. The second-order valence-corrected chi connectivity index (χ2v) is 8.17. The summed E-state index contributed by atoms with van der Waals surface area (Å²) in [6.07, 6.45) is 5.14. The number of nitrogens with zero attached hydrogens (tertiary/aromatic N) is 3. The molecule has 146 valence electrons. The molecule has 1 aromatic carbocycles. The van der Waals surface area contributed by atoms with Gasteiger partial charge >= 0.3 is 6.01 Å². The number of aryl methyl sites for hydroxylation is 1. The number of rotatable bonds is 6. The monoisotopic (exact) mass is 395 g/mol. The molecule has 1 atom stereocenters. The molecule has 3 rings (SSSR count). The fraction of sp³-hybridized carbons (Fsp3) is 0.444.